The van der Waals surface area contributed by atoms with Crippen molar-refractivity contribution < 1.29 is 14.0 Å². The molecule has 0 bridgehead atoms. The molecule has 2 aromatic rings. The standard InChI is InChI=1S/C22H29BrN4O3/c1-26-12-14-27(15-13-26)11-3-2-10-24-21(28)16-17-4-6-18(7-5-17)25-22(29)19-8-9-20(23)30-19/h4-9H,2-3,10-16H2,1H3,(H,24,28)(H,25,29). The van der Waals surface area contributed by atoms with Crippen LogP contribution in [0.15, 0.2) is 45.5 Å². The summed E-state index contributed by atoms with van der Waals surface area (Å²) >= 11 is 3.18. The van der Waals surface area contributed by atoms with Crippen LogP contribution in [-0.2, 0) is 11.2 Å². The van der Waals surface area contributed by atoms with E-state index in [2.05, 4.69) is 43.4 Å². The van der Waals surface area contributed by atoms with Crippen molar-refractivity contribution in [2.75, 3.05) is 51.6 Å². The number of anilines is 1. The maximum atomic E-state index is 12.1. The van der Waals surface area contributed by atoms with Crippen LogP contribution in [0.2, 0.25) is 0 Å². The van der Waals surface area contributed by atoms with E-state index in [0.717, 1.165) is 51.1 Å². The maximum Gasteiger partial charge on any atom is 0.291 e. The molecule has 0 saturated carbocycles. The van der Waals surface area contributed by atoms with Gasteiger partial charge in [0.2, 0.25) is 5.91 Å². The zero-order valence-electron chi connectivity index (χ0n) is 17.3. The Morgan fingerprint density at radius 1 is 1.03 bits per heavy atom. The van der Waals surface area contributed by atoms with Gasteiger partial charge in [-0.05, 0) is 72.2 Å². The average Bonchev–Trinajstić information content (AvgIpc) is 3.17. The van der Waals surface area contributed by atoms with Crippen molar-refractivity contribution >= 4 is 33.4 Å². The molecule has 2 amide bonds. The minimum atomic E-state index is -0.317. The number of rotatable bonds is 9. The van der Waals surface area contributed by atoms with E-state index in [-0.39, 0.29) is 17.6 Å². The number of likely N-dealkylation sites (N-methyl/N-ethyl adjacent to an activating group) is 1. The Morgan fingerprint density at radius 3 is 2.43 bits per heavy atom. The van der Waals surface area contributed by atoms with Crippen LogP contribution in [-0.4, -0.2) is 67.9 Å². The lowest BCUT2D eigenvalue weighted by atomic mass is 10.1. The number of carbonyl (C=O) groups is 2. The van der Waals surface area contributed by atoms with Crippen molar-refractivity contribution in [3.05, 3.63) is 52.4 Å². The molecular formula is C22H29BrN4O3. The third-order valence-corrected chi connectivity index (χ3v) is 5.62. The fourth-order valence-electron chi connectivity index (χ4n) is 3.34. The highest BCUT2D eigenvalue weighted by Gasteiger charge is 2.13. The summed E-state index contributed by atoms with van der Waals surface area (Å²) in [6, 6.07) is 10.5. The topological polar surface area (TPSA) is 77.8 Å². The number of halogens is 1. The SMILES string of the molecule is CN1CCN(CCCCNC(=O)Cc2ccc(NC(=O)c3ccc(Br)o3)cc2)CC1. The van der Waals surface area contributed by atoms with Gasteiger partial charge in [0.15, 0.2) is 10.4 Å². The van der Waals surface area contributed by atoms with E-state index >= 15 is 0 Å². The van der Waals surface area contributed by atoms with Gasteiger partial charge in [-0.3, -0.25) is 9.59 Å². The minimum absolute atomic E-state index is 0.0202. The van der Waals surface area contributed by atoms with Gasteiger partial charge < -0.3 is 24.9 Å². The average molecular weight is 477 g/mol. The predicted octanol–water partition coefficient (Wildman–Crippen LogP) is 2.98. The van der Waals surface area contributed by atoms with Gasteiger partial charge in [0.25, 0.3) is 5.91 Å². The summed E-state index contributed by atoms with van der Waals surface area (Å²) in [5, 5.41) is 5.76. The van der Waals surface area contributed by atoms with Crippen LogP contribution in [0.1, 0.15) is 29.0 Å². The van der Waals surface area contributed by atoms with E-state index < -0.39 is 0 Å². The number of unbranched alkanes of at least 4 members (excludes halogenated alkanes) is 1. The molecule has 0 unspecified atom stereocenters. The molecule has 7 nitrogen and oxygen atoms in total. The summed E-state index contributed by atoms with van der Waals surface area (Å²) in [6.07, 6.45) is 2.42. The van der Waals surface area contributed by atoms with E-state index in [0.29, 0.717) is 23.3 Å². The lowest BCUT2D eigenvalue weighted by molar-refractivity contribution is -0.120. The van der Waals surface area contributed by atoms with Crippen LogP contribution in [0.4, 0.5) is 5.69 Å². The summed E-state index contributed by atoms with van der Waals surface area (Å²) in [5.41, 5.74) is 1.56. The van der Waals surface area contributed by atoms with Gasteiger partial charge in [0.05, 0.1) is 6.42 Å². The molecule has 3 rings (SSSR count). The lowest BCUT2D eigenvalue weighted by Gasteiger charge is -2.32. The van der Waals surface area contributed by atoms with Crippen molar-refractivity contribution in [2.24, 2.45) is 0 Å². The van der Waals surface area contributed by atoms with Gasteiger partial charge in [-0.2, -0.15) is 0 Å². The smallest absolute Gasteiger partial charge is 0.291 e. The Kier molecular flexibility index (Phi) is 8.48. The molecular weight excluding hydrogens is 448 g/mol. The third-order valence-electron chi connectivity index (χ3n) is 5.19. The number of benzene rings is 1. The van der Waals surface area contributed by atoms with E-state index in [1.807, 2.05) is 12.1 Å². The minimum Gasteiger partial charge on any atom is -0.444 e. The summed E-state index contributed by atoms with van der Waals surface area (Å²) in [7, 11) is 2.16. The molecule has 2 heterocycles. The van der Waals surface area contributed by atoms with Crippen molar-refractivity contribution in [1.82, 2.24) is 15.1 Å². The van der Waals surface area contributed by atoms with Gasteiger partial charge >= 0.3 is 0 Å². The number of hydrogen-bond donors (Lipinski definition) is 2. The molecule has 0 aliphatic carbocycles. The molecule has 1 aliphatic rings. The number of nitrogens with zero attached hydrogens (tertiary/aromatic N) is 2. The second-order valence-electron chi connectivity index (χ2n) is 7.63. The van der Waals surface area contributed by atoms with Crippen LogP contribution in [0.3, 0.4) is 0 Å². The number of amides is 2. The maximum absolute atomic E-state index is 12.1. The number of carbonyl (C=O) groups excluding carboxylic acids is 2. The van der Waals surface area contributed by atoms with Gasteiger partial charge in [0, 0.05) is 38.4 Å². The van der Waals surface area contributed by atoms with Gasteiger partial charge in [0.1, 0.15) is 0 Å². The molecule has 0 spiro atoms. The summed E-state index contributed by atoms with van der Waals surface area (Å²) < 4.78 is 5.74. The first kappa shape index (κ1) is 22.5. The fraction of sp³-hybridized carbons (Fsp3) is 0.455. The van der Waals surface area contributed by atoms with Crippen LogP contribution in [0.25, 0.3) is 0 Å². The summed E-state index contributed by atoms with van der Waals surface area (Å²) in [4.78, 5) is 29.1. The Morgan fingerprint density at radius 2 is 1.77 bits per heavy atom. The Labute approximate surface area is 185 Å². The van der Waals surface area contributed by atoms with Gasteiger partial charge in [-0.25, -0.2) is 0 Å². The first-order valence-corrected chi connectivity index (χ1v) is 11.1. The molecule has 1 fully saturated rings. The molecule has 0 atom stereocenters. The van der Waals surface area contributed by atoms with Crippen LogP contribution in [0, 0.1) is 0 Å². The molecule has 8 heteroatoms. The highest BCUT2D eigenvalue weighted by molar-refractivity contribution is 9.10. The lowest BCUT2D eigenvalue weighted by Crippen LogP contribution is -2.44. The Balaban J connectivity index is 1.31. The van der Waals surface area contributed by atoms with Gasteiger partial charge in [-0.1, -0.05) is 12.1 Å². The molecule has 1 aliphatic heterocycles. The van der Waals surface area contributed by atoms with E-state index in [1.54, 1.807) is 24.3 Å². The second kappa shape index (κ2) is 11.3. The molecule has 0 radical (unpaired) electrons. The van der Waals surface area contributed by atoms with Crippen molar-refractivity contribution in [3.63, 3.8) is 0 Å². The predicted molar refractivity (Wildman–Crippen MR) is 121 cm³/mol. The quantitative estimate of drug-likeness (QED) is 0.544. The van der Waals surface area contributed by atoms with Crippen molar-refractivity contribution in [1.29, 1.82) is 0 Å². The normalized spacial score (nSPS) is 15.1. The number of hydrogen-bond acceptors (Lipinski definition) is 5. The number of nitrogens with one attached hydrogen (secondary N) is 2. The van der Waals surface area contributed by atoms with Crippen LogP contribution >= 0.6 is 15.9 Å². The molecule has 162 valence electrons. The first-order valence-electron chi connectivity index (χ1n) is 10.3. The van der Waals surface area contributed by atoms with Crippen molar-refractivity contribution in [2.45, 2.75) is 19.3 Å². The fourth-order valence-corrected chi connectivity index (χ4v) is 3.65. The summed E-state index contributed by atoms with van der Waals surface area (Å²) in [6.45, 7) is 6.36. The molecule has 1 aromatic carbocycles. The van der Waals surface area contributed by atoms with E-state index in [4.69, 9.17) is 4.42 Å². The van der Waals surface area contributed by atoms with Crippen molar-refractivity contribution in [3.8, 4) is 0 Å². The zero-order chi connectivity index (χ0) is 21.3. The monoisotopic (exact) mass is 476 g/mol. The molecule has 2 N–H and O–H groups in total. The molecule has 30 heavy (non-hydrogen) atoms. The van der Waals surface area contributed by atoms with E-state index in [1.165, 1.54) is 0 Å². The Hall–Kier alpha value is -2.16. The van der Waals surface area contributed by atoms with Crippen LogP contribution in [0.5, 0.6) is 0 Å². The van der Waals surface area contributed by atoms with Gasteiger partial charge in [-0.15, -0.1) is 0 Å². The largest absolute Gasteiger partial charge is 0.444 e. The highest BCUT2D eigenvalue weighted by Crippen LogP contribution is 2.16. The third kappa shape index (κ3) is 7.27. The number of piperazine rings is 1. The molecule has 1 saturated heterocycles. The summed E-state index contributed by atoms with van der Waals surface area (Å²) in [5.74, 6) is -0.0625. The number of furan rings is 1. The zero-order valence-corrected chi connectivity index (χ0v) is 18.9. The highest BCUT2D eigenvalue weighted by atomic mass is 79.9. The van der Waals surface area contributed by atoms with Crippen LogP contribution < -0.4 is 10.6 Å². The Bertz CT molecular complexity index is 829. The second-order valence-corrected chi connectivity index (χ2v) is 8.42. The van der Waals surface area contributed by atoms with E-state index in [9.17, 15) is 9.59 Å². The first-order chi connectivity index (χ1) is 14.5. The molecule has 1 aromatic heterocycles.